The Kier molecular flexibility index (Phi) is 4.26. The van der Waals surface area contributed by atoms with Crippen LogP contribution in [0.4, 0.5) is 0 Å². The topological polar surface area (TPSA) is 21.3 Å². The Morgan fingerprint density at radius 3 is 2.71 bits per heavy atom. The first kappa shape index (κ1) is 14.2. The van der Waals surface area contributed by atoms with Crippen molar-refractivity contribution in [2.75, 3.05) is 7.11 Å². The largest absolute Gasteiger partial charge is 0.496 e. The third-order valence-electron chi connectivity index (χ3n) is 4.22. The van der Waals surface area contributed by atoms with E-state index in [0.29, 0.717) is 0 Å². The van der Waals surface area contributed by atoms with Gasteiger partial charge in [-0.2, -0.15) is 0 Å². The third kappa shape index (κ3) is 3.45. The monoisotopic (exact) mass is 281 g/mol. The molecule has 0 aromatic heterocycles. The molecular formula is C19H23NO. The third-order valence-corrected chi connectivity index (χ3v) is 4.22. The fourth-order valence-electron chi connectivity index (χ4n) is 2.78. The van der Waals surface area contributed by atoms with Crippen LogP contribution in [0.2, 0.25) is 0 Å². The van der Waals surface area contributed by atoms with Gasteiger partial charge < -0.3 is 10.1 Å². The van der Waals surface area contributed by atoms with Crippen LogP contribution in [0.3, 0.4) is 0 Å². The number of rotatable bonds is 6. The second kappa shape index (κ2) is 6.31. The van der Waals surface area contributed by atoms with E-state index in [4.69, 9.17) is 4.74 Å². The maximum absolute atomic E-state index is 5.44. The maximum atomic E-state index is 5.44. The number of methoxy groups -OCH3 is 1. The van der Waals surface area contributed by atoms with E-state index in [1.54, 1.807) is 7.11 Å². The number of hydrogen-bond donors (Lipinski definition) is 1. The van der Waals surface area contributed by atoms with Gasteiger partial charge in [-0.05, 0) is 42.9 Å². The molecule has 1 saturated carbocycles. The summed E-state index contributed by atoms with van der Waals surface area (Å²) in [6.45, 7) is 3.07. The van der Waals surface area contributed by atoms with E-state index in [1.165, 1.54) is 29.5 Å². The molecule has 1 aliphatic carbocycles. The van der Waals surface area contributed by atoms with Gasteiger partial charge in [-0.25, -0.2) is 0 Å². The molecule has 2 nitrogen and oxygen atoms in total. The number of nitrogens with one attached hydrogen (secondary N) is 1. The summed E-state index contributed by atoms with van der Waals surface area (Å²) in [6, 6.07) is 17.5. The highest BCUT2D eigenvalue weighted by molar-refractivity contribution is 5.35. The standard InChI is InChI=1S/C19H23NO/c1-14(18-8-3-4-9-19(18)21-2)20-13-15-6-5-7-17(12-15)16-10-11-16/h3-9,12,14,16,20H,10-11,13H2,1-2H3/t14-/m0/s1. The zero-order valence-electron chi connectivity index (χ0n) is 12.8. The van der Waals surface area contributed by atoms with Gasteiger partial charge in [-0.15, -0.1) is 0 Å². The van der Waals surface area contributed by atoms with Crippen LogP contribution in [0.25, 0.3) is 0 Å². The summed E-state index contributed by atoms with van der Waals surface area (Å²) in [4.78, 5) is 0. The molecule has 0 saturated heterocycles. The SMILES string of the molecule is COc1ccccc1[C@H](C)NCc1cccc(C2CC2)c1. The van der Waals surface area contributed by atoms with E-state index in [0.717, 1.165) is 18.2 Å². The lowest BCUT2D eigenvalue weighted by atomic mass is 10.0. The van der Waals surface area contributed by atoms with E-state index in [1.807, 2.05) is 12.1 Å². The Morgan fingerprint density at radius 2 is 1.95 bits per heavy atom. The minimum Gasteiger partial charge on any atom is -0.496 e. The number of hydrogen-bond acceptors (Lipinski definition) is 2. The quantitative estimate of drug-likeness (QED) is 0.846. The summed E-state index contributed by atoms with van der Waals surface area (Å²) < 4.78 is 5.44. The van der Waals surface area contributed by atoms with E-state index in [2.05, 4.69) is 48.6 Å². The molecule has 1 atom stereocenters. The van der Waals surface area contributed by atoms with Crippen molar-refractivity contribution in [1.29, 1.82) is 0 Å². The minimum atomic E-state index is 0.269. The Morgan fingerprint density at radius 1 is 1.14 bits per heavy atom. The molecule has 3 rings (SSSR count). The Bertz CT molecular complexity index is 604. The average molecular weight is 281 g/mol. The molecule has 0 spiro atoms. The van der Waals surface area contributed by atoms with E-state index in [-0.39, 0.29) is 6.04 Å². The molecule has 0 aliphatic heterocycles. The predicted octanol–water partition coefficient (Wildman–Crippen LogP) is 4.42. The van der Waals surface area contributed by atoms with Crippen LogP contribution in [0.15, 0.2) is 48.5 Å². The van der Waals surface area contributed by atoms with Gasteiger partial charge in [0.1, 0.15) is 5.75 Å². The van der Waals surface area contributed by atoms with Gasteiger partial charge in [0, 0.05) is 18.2 Å². The summed E-state index contributed by atoms with van der Waals surface area (Å²) in [5, 5.41) is 3.60. The zero-order valence-corrected chi connectivity index (χ0v) is 12.8. The smallest absolute Gasteiger partial charge is 0.123 e. The molecule has 0 amide bonds. The molecule has 1 aliphatic rings. The second-order valence-electron chi connectivity index (χ2n) is 5.86. The van der Waals surface area contributed by atoms with Crippen molar-refractivity contribution in [1.82, 2.24) is 5.32 Å². The van der Waals surface area contributed by atoms with Crippen molar-refractivity contribution in [2.45, 2.75) is 38.3 Å². The minimum absolute atomic E-state index is 0.269. The molecule has 1 fully saturated rings. The van der Waals surface area contributed by atoms with Crippen LogP contribution in [-0.4, -0.2) is 7.11 Å². The van der Waals surface area contributed by atoms with Crippen molar-refractivity contribution < 1.29 is 4.74 Å². The van der Waals surface area contributed by atoms with Gasteiger partial charge in [0.2, 0.25) is 0 Å². The van der Waals surface area contributed by atoms with Gasteiger partial charge in [0.25, 0.3) is 0 Å². The first-order valence-corrected chi connectivity index (χ1v) is 7.73. The summed E-state index contributed by atoms with van der Waals surface area (Å²) in [7, 11) is 1.73. The zero-order chi connectivity index (χ0) is 14.7. The molecule has 110 valence electrons. The van der Waals surface area contributed by atoms with Gasteiger partial charge in [-0.1, -0.05) is 42.5 Å². The van der Waals surface area contributed by atoms with Crippen LogP contribution < -0.4 is 10.1 Å². The highest BCUT2D eigenvalue weighted by atomic mass is 16.5. The van der Waals surface area contributed by atoms with E-state index < -0.39 is 0 Å². The van der Waals surface area contributed by atoms with Crippen molar-refractivity contribution in [3.8, 4) is 5.75 Å². The fraction of sp³-hybridized carbons (Fsp3) is 0.368. The van der Waals surface area contributed by atoms with Crippen molar-refractivity contribution in [3.05, 3.63) is 65.2 Å². The van der Waals surface area contributed by atoms with Crippen LogP contribution >= 0.6 is 0 Å². The lowest BCUT2D eigenvalue weighted by Crippen LogP contribution is -2.18. The molecule has 0 radical (unpaired) electrons. The first-order valence-electron chi connectivity index (χ1n) is 7.73. The molecule has 0 heterocycles. The van der Waals surface area contributed by atoms with Gasteiger partial charge >= 0.3 is 0 Å². The lowest BCUT2D eigenvalue weighted by Gasteiger charge is -2.17. The van der Waals surface area contributed by atoms with Crippen LogP contribution in [0.1, 0.15) is 48.4 Å². The second-order valence-corrected chi connectivity index (χ2v) is 5.86. The number of para-hydroxylation sites is 1. The Hall–Kier alpha value is -1.80. The highest BCUT2D eigenvalue weighted by Gasteiger charge is 2.23. The van der Waals surface area contributed by atoms with E-state index in [9.17, 15) is 0 Å². The van der Waals surface area contributed by atoms with Gasteiger partial charge in [0.15, 0.2) is 0 Å². The van der Waals surface area contributed by atoms with Gasteiger partial charge in [0.05, 0.1) is 7.11 Å². The predicted molar refractivity (Wildman–Crippen MR) is 86.7 cm³/mol. The maximum Gasteiger partial charge on any atom is 0.123 e. The first-order chi connectivity index (χ1) is 10.3. The van der Waals surface area contributed by atoms with Crippen LogP contribution in [-0.2, 0) is 6.54 Å². The molecule has 0 bridgehead atoms. The molecule has 1 N–H and O–H groups in total. The Labute approximate surface area is 127 Å². The molecule has 2 heteroatoms. The average Bonchev–Trinajstić information content (AvgIpc) is 3.38. The van der Waals surface area contributed by atoms with Crippen LogP contribution in [0, 0.1) is 0 Å². The highest BCUT2D eigenvalue weighted by Crippen LogP contribution is 2.40. The number of ether oxygens (including phenoxy) is 1. The molecule has 0 unspecified atom stereocenters. The summed E-state index contributed by atoms with van der Waals surface area (Å²) >= 11 is 0. The molecule has 21 heavy (non-hydrogen) atoms. The van der Waals surface area contributed by atoms with E-state index >= 15 is 0 Å². The van der Waals surface area contributed by atoms with Crippen LogP contribution in [0.5, 0.6) is 5.75 Å². The molecule has 2 aromatic carbocycles. The molecule has 2 aromatic rings. The normalized spacial score (nSPS) is 15.7. The lowest BCUT2D eigenvalue weighted by molar-refractivity contribution is 0.401. The summed E-state index contributed by atoms with van der Waals surface area (Å²) in [6.07, 6.45) is 2.71. The molecular weight excluding hydrogens is 258 g/mol. The van der Waals surface area contributed by atoms with Gasteiger partial charge in [-0.3, -0.25) is 0 Å². The van der Waals surface area contributed by atoms with Crippen molar-refractivity contribution >= 4 is 0 Å². The Balaban J connectivity index is 1.65. The fourth-order valence-corrected chi connectivity index (χ4v) is 2.78. The van der Waals surface area contributed by atoms with Crippen molar-refractivity contribution in [3.63, 3.8) is 0 Å². The number of benzene rings is 2. The summed E-state index contributed by atoms with van der Waals surface area (Å²) in [5.74, 6) is 1.76. The van der Waals surface area contributed by atoms with Crippen molar-refractivity contribution in [2.24, 2.45) is 0 Å². The summed E-state index contributed by atoms with van der Waals surface area (Å²) in [5.41, 5.74) is 4.07.